The smallest absolute Gasteiger partial charge is 0.266 e. The molecule has 8 nitrogen and oxygen atoms in total. The molecule has 1 aliphatic heterocycles. The zero-order chi connectivity index (χ0) is 25.8. The largest absolute Gasteiger partial charge is 0.497 e. The van der Waals surface area contributed by atoms with E-state index in [4.69, 9.17) is 21.6 Å². The third kappa shape index (κ3) is 5.75. The minimum Gasteiger partial charge on any atom is -0.497 e. The molecule has 1 aromatic heterocycles. The number of hydrogen-bond donors (Lipinski definition) is 1. The number of nitrogens with one attached hydrogen (secondary N) is 1. The van der Waals surface area contributed by atoms with Gasteiger partial charge in [-0.3, -0.25) is 14.5 Å². The van der Waals surface area contributed by atoms with Gasteiger partial charge in [0.1, 0.15) is 10.1 Å². The molecule has 2 aromatic carbocycles. The SMILES string of the molecule is COc1ccc(/C=C2\SC(=S)N(CCCC(=O)Nc3nonc3-c3ccc4c(c3)CCCC4)C2=O)cc1. The zero-order valence-electron chi connectivity index (χ0n) is 20.4. The van der Waals surface area contributed by atoms with Crippen molar-refractivity contribution in [1.82, 2.24) is 15.2 Å². The van der Waals surface area contributed by atoms with Gasteiger partial charge >= 0.3 is 0 Å². The van der Waals surface area contributed by atoms with E-state index < -0.39 is 0 Å². The second-order valence-corrected chi connectivity index (χ2v) is 10.6. The van der Waals surface area contributed by atoms with Crippen molar-refractivity contribution >= 4 is 52.0 Å². The topological polar surface area (TPSA) is 97.6 Å². The fourth-order valence-electron chi connectivity index (χ4n) is 4.48. The Bertz CT molecular complexity index is 1370. The molecule has 37 heavy (non-hydrogen) atoms. The van der Waals surface area contributed by atoms with E-state index >= 15 is 0 Å². The number of anilines is 1. The number of nitrogens with zero attached hydrogens (tertiary/aromatic N) is 3. The van der Waals surface area contributed by atoms with Gasteiger partial charge in [-0.25, -0.2) is 4.63 Å². The molecule has 1 N–H and O–H groups in total. The number of hydrogen-bond acceptors (Lipinski definition) is 8. The molecule has 190 valence electrons. The lowest BCUT2D eigenvalue weighted by molar-refractivity contribution is -0.122. The Morgan fingerprint density at radius 1 is 1.16 bits per heavy atom. The first-order chi connectivity index (χ1) is 18.0. The lowest BCUT2D eigenvalue weighted by Gasteiger charge is -2.16. The first-order valence-electron chi connectivity index (χ1n) is 12.2. The summed E-state index contributed by atoms with van der Waals surface area (Å²) in [5.41, 5.74) is 4.96. The summed E-state index contributed by atoms with van der Waals surface area (Å²) in [6, 6.07) is 13.7. The van der Waals surface area contributed by atoms with Crippen LogP contribution in [0.5, 0.6) is 5.75 Å². The average Bonchev–Trinajstić information content (AvgIpc) is 3.48. The van der Waals surface area contributed by atoms with Crippen molar-refractivity contribution in [1.29, 1.82) is 0 Å². The first-order valence-corrected chi connectivity index (χ1v) is 13.4. The van der Waals surface area contributed by atoms with Crippen LogP contribution in [0, 0.1) is 0 Å². The molecular weight excluding hydrogens is 508 g/mol. The van der Waals surface area contributed by atoms with Crippen LogP contribution in [0.1, 0.15) is 42.4 Å². The number of thiocarbonyl (C=S) groups is 1. The molecule has 2 aliphatic rings. The van der Waals surface area contributed by atoms with E-state index in [2.05, 4.69) is 27.8 Å². The van der Waals surface area contributed by atoms with Gasteiger partial charge in [-0.05, 0) is 83.4 Å². The summed E-state index contributed by atoms with van der Waals surface area (Å²) in [4.78, 5) is 27.6. The van der Waals surface area contributed by atoms with Crippen LogP contribution < -0.4 is 10.1 Å². The van der Waals surface area contributed by atoms with E-state index in [9.17, 15) is 9.59 Å². The number of aromatic nitrogens is 2. The first kappa shape index (κ1) is 25.2. The number of thioether (sulfide) groups is 1. The van der Waals surface area contributed by atoms with Gasteiger partial charge in [-0.15, -0.1) is 0 Å². The van der Waals surface area contributed by atoms with Gasteiger partial charge in [0.2, 0.25) is 11.7 Å². The number of carbonyl (C=O) groups excluding carboxylic acids is 2. The second kappa shape index (κ2) is 11.3. The lowest BCUT2D eigenvalue weighted by Crippen LogP contribution is -2.29. The van der Waals surface area contributed by atoms with Crippen molar-refractivity contribution in [3.8, 4) is 17.0 Å². The van der Waals surface area contributed by atoms with Crippen LogP contribution in [-0.4, -0.2) is 45.0 Å². The molecular formula is C27H26N4O4S2. The summed E-state index contributed by atoms with van der Waals surface area (Å²) < 4.78 is 10.6. The molecule has 0 bridgehead atoms. The maximum atomic E-state index is 12.9. The van der Waals surface area contributed by atoms with E-state index in [0.29, 0.717) is 33.7 Å². The molecule has 0 unspecified atom stereocenters. The van der Waals surface area contributed by atoms with Crippen LogP contribution in [0.15, 0.2) is 52.0 Å². The molecule has 1 saturated heterocycles. The summed E-state index contributed by atoms with van der Waals surface area (Å²) in [6.07, 6.45) is 6.99. The Labute approximate surface area is 224 Å². The van der Waals surface area contributed by atoms with Crippen molar-refractivity contribution in [2.24, 2.45) is 0 Å². The Hall–Kier alpha value is -3.50. The maximum Gasteiger partial charge on any atom is 0.266 e. The van der Waals surface area contributed by atoms with Crippen molar-refractivity contribution in [2.45, 2.75) is 38.5 Å². The minimum absolute atomic E-state index is 0.151. The van der Waals surface area contributed by atoms with Crippen LogP contribution >= 0.6 is 24.0 Å². The predicted molar refractivity (Wildman–Crippen MR) is 147 cm³/mol. The maximum absolute atomic E-state index is 12.9. The molecule has 3 aromatic rings. The Balaban J connectivity index is 1.16. The van der Waals surface area contributed by atoms with E-state index in [1.165, 1.54) is 35.7 Å². The molecule has 0 atom stereocenters. The zero-order valence-corrected chi connectivity index (χ0v) is 22.0. The quantitative estimate of drug-likeness (QED) is 0.309. The molecule has 2 amide bonds. The van der Waals surface area contributed by atoms with Gasteiger partial charge < -0.3 is 10.1 Å². The number of methoxy groups -OCH3 is 1. The van der Waals surface area contributed by atoms with Gasteiger partial charge in [0.05, 0.1) is 12.0 Å². The van der Waals surface area contributed by atoms with Crippen molar-refractivity contribution < 1.29 is 19.0 Å². The number of benzene rings is 2. The fourth-order valence-corrected chi connectivity index (χ4v) is 5.79. The highest BCUT2D eigenvalue weighted by molar-refractivity contribution is 8.26. The van der Waals surface area contributed by atoms with Gasteiger partial charge in [0.15, 0.2) is 5.69 Å². The highest BCUT2D eigenvalue weighted by atomic mass is 32.2. The molecule has 0 spiro atoms. The minimum atomic E-state index is -0.228. The number of ether oxygens (including phenoxy) is 1. The van der Waals surface area contributed by atoms with Crippen LogP contribution in [0.4, 0.5) is 5.82 Å². The number of amides is 2. The highest BCUT2D eigenvalue weighted by Crippen LogP contribution is 2.33. The molecule has 10 heteroatoms. The summed E-state index contributed by atoms with van der Waals surface area (Å²) in [5.74, 6) is 0.670. The van der Waals surface area contributed by atoms with E-state index in [0.717, 1.165) is 29.7 Å². The number of fused-ring (bicyclic) bond motifs is 1. The van der Waals surface area contributed by atoms with Crippen LogP contribution in [0.2, 0.25) is 0 Å². The predicted octanol–water partition coefficient (Wildman–Crippen LogP) is 5.24. The Kier molecular flexibility index (Phi) is 7.66. The summed E-state index contributed by atoms with van der Waals surface area (Å²) in [7, 11) is 1.61. The second-order valence-electron chi connectivity index (χ2n) is 8.91. The normalized spacial score (nSPS) is 16.2. The molecule has 0 radical (unpaired) electrons. The number of rotatable bonds is 8. The third-order valence-corrected chi connectivity index (χ3v) is 7.82. The van der Waals surface area contributed by atoms with Gasteiger partial charge in [0.25, 0.3) is 5.91 Å². The van der Waals surface area contributed by atoms with Gasteiger partial charge in [-0.1, -0.05) is 48.2 Å². The summed E-state index contributed by atoms with van der Waals surface area (Å²) in [5, 5.41) is 10.7. The average molecular weight is 535 g/mol. The molecule has 2 heterocycles. The van der Waals surface area contributed by atoms with Gasteiger partial charge in [-0.2, -0.15) is 0 Å². The Morgan fingerprint density at radius 3 is 2.73 bits per heavy atom. The van der Waals surface area contributed by atoms with Crippen LogP contribution in [-0.2, 0) is 22.4 Å². The Morgan fingerprint density at radius 2 is 1.95 bits per heavy atom. The standard InChI is InChI=1S/C27H26N4O4S2/c1-34-21-12-8-17(9-13-21)15-22-26(33)31(27(36)37-22)14-4-7-23(32)28-25-24(29-35-30-25)20-11-10-18-5-2-3-6-19(18)16-20/h8-13,15-16H,2-7,14H2,1H3,(H,28,30,32)/b22-15-. The third-order valence-electron chi connectivity index (χ3n) is 6.44. The van der Waals surface area contributed by atoms with E-state index in [1.54, 1.807) is 12.0 Å². The molecule has 1 fully saturated rings. The lowest BCUT2D eigenvalue weighted by atomic mass is 9.90. The fraction of sp³-hybridized carbons (Fsp3) is 0.296. The van der Waals surface area contributed by atoms with Gasteiger partial charge in [0, 0.05) is 18.5 Å². The summed E-state index contributed by atoms with van der Waals surface area (Å²) in [6.45, 7) is 0.354. The highest BCUT2D eigenvalue weighted by Gasteiger charge is 2.31. The number of aryl methyl sites for hydroxylation is 2. The summed E-state index contributed by atoms with van der Waals surface area (Å²) >= 11 is 6.68. The van der Waals surface area contributed by atoms with E-state index in [-0.39, 0.29) is 18.2 Å². The molecule has 0 saturated carbocycles. The van der Waals surface area contributed by atoms with Crippen LogP contribution in [0.25, 0.3) is 17.3 Å². The number of carbonyl (C=O) groups is 2. The molecule has 5 rings (SSSR count). The molecule has 1 aliphatic carbocycles. The van der Waals surface area contributed by atoms with Crippen molar-refractivity contribution in [3.63, 3.8) is 0 Å². The monoisotopic (exact) mass is 534 g/mol. The van der Waals surface area contributed by atoms with E-state index in [1.807, 2.05) is 36.4 Å². The van der Waals surface area contributed by atoms with Crippen molar-refractivity contribution in [3.05, 3.63) is 64.1 Å². The van der Waals surface area contributed by atoms with Crippen LogP contribution in [0.3, 0.4) is 0 Å². The van der Waals surface area contributed by atoms with Crippen molar-refractivity contribution in [2.75, 3.05) is 19.0 Å².